The molecule has 1 fully saturated rings. The van der Waals surface area contributed by atoms with Crippen molar-refractivity contribution < 1.29 is 19.7 Å². The zero-order valence-electron chi connectivity index (χ0n) is 15.5. The average molecular weight is 384 g/mol. The molecule has 3 rings (SSSR count). The molecule has 1 aliphatic heterocycles. The molecule has 1 atom stereocenters. The minimum Gasteiger partial charge on any atom is -0.497 e. The molecule has 2 heterocycles. The lowest BCUT2D eigenvalue weighted by Gasteiger charge is -1.97. The highest BCUT2D eigenvalue weighted by atomic mass is 32.1. The Morgan fingerprint density at radius 3 is 2.42 bits per heavy atom. The van der Waals surface area contributed by atoms with E-state index < -0.39 is 0 Å². The molecule has 0 radical (unpaired) electrons. The van der Waals surface area contributed by atoms with Gasteiger partial charge in [-0.15, -0.1) is 0 Å². The van der Waals surface area contributed by atoms with E-state index in [0.717, 1.165) is 31.8 Å². The summed E-state index contributed by atoms with van der Waals surface area (Å²) >= 11 is 1.49. The van der Waals surface area contributed by atoms with Gasteiger partial charge in [0.15, 0.2) is 0 Å². The summed E-state index contributed by atoms with van der Waals surface area (Å²) in [7, 11) is 3.60. The number of β-amino-alcohol motifs (C(OH)–C–C–N with tert-alkyl or cyclic N) is 1. The first-order valence-corrected chi connectivity index (χ1v) is 9.01. The minimum absolute atomic E-state index is 0.0648. The van der Waals surface area contributed by atoms with Crippen molar-refractivity contribution in [2.24, 2.45) is 0 Å². The van der Waals surface area contributed by atoms with Gasteiger partial charge in [0, 0.05) is 24.7 Å². The van der Waals surface area contributed by atoms with Crippen molar-refractivity contribution in [2.45, 2.75) is 26.0 Å². The number of methoxy groups -OCH3 is 1. The van der Waals surface area contributed by atoms with E-state index >= 15 is 0 Å². The van der Waals surface area contributed by atoms with Crippen LogP contribution in [0.2, 0.25) is 0 Å². The van der Waals surface area contributed by atoms with Gasteiger partial charge < -0.3 is 25.6 Å². The molecule has 1 saturated heterocycles. The SMILES string of the molecule is CNCc1cnsc1.COc1ccc(C)cc1.O=CO.OC1CCNC1. The van der Waals surface area contributed by atoms with Crippen molar-refractivity contribution in [2.75, 3.05) is 27.2 Å². The molecular formula is C18H29N3O4S. The van der Waals surface area contributed by atoms with Crippen molar-refractivity contribution in [1.82, 2.24) is 15.0 Å². The van der Waals surface area contributed by atoms with Crippen LogP contribution in [0.5, 0.6) is 5.75 Å². The fraction of sp³-hybridized carbons (Fsp3) is 0.444. The molecule has 1 aliphatic rings. The third-order valence-corrected chi connectivity index (χ3v) is 3.79. The summed E-state index contributed by atoms with van der Waals surface area (Å²) in [6.07, 6.45) is 2.74. The minimum atomic E-state index is -0.250. The maximum absolute atomic E-state index is 8.67. The average Bonchev–Trinajstić information content (AvgIpc) is 3.32. The fourth-order valence-electron chi connectivity index (χ4n) is 1.83. The van der Waals surface area contributed by atoms with Crippen molar-refractivity contribution in [1.29, 1.82) is 0 Å². The van der Waals surface area contributed by atoms with Crippen molar-refractivity contribution in [3.05, 3.63) is 47.0 Å². The number of nitrogens with zero attached hydrogens (tertiary/aromatic N) is 1. The van der Waals surface area contributed by atoms with Crippen LogP contribution >= 0.6 is 11.5 Å². The summed E-state index contributed by atoms with van der Waals surface area (Å²) in [4.78, 5) is 8.36. The molecule has 7 nitrogen and oxygen atoms in total. The molecule has 8 heteroatoms. The standard InChI is InChI=1S/C8H10O.C5H8N2S.C4H9NO.CH2O2/c1-7-3-5-8(9-2)6-4-7;1-6-2-5-3-7-8-4-5;6-4-1-2-5-3-4;2-1-3/h3-6H,1-2H3;3-4,6H,2H2,1H3;4-6H,1-3H2;1H,(H,2,3). The molecule has 0 spiro atoms. The lowest BCUT2D eigenvalue weighted by atomic mass is 10.2. The number of hydrogen-bond acceptors (Lipinski definition) is 7. The molecule has 0 aliphatic carbocycles. The number of carbonyl (C=O) groups is 1. The number of nitrogens with one attached hydrogen (secondary N) is 2. The van der Waals surface area contributed by atoms with Gasteiger partial charge in [0.2, 0.25) is 0 Å². The fourth-order valence-corrected chi connectivity index (χ4v) is 2.37. The van der Waals surface area contributed by atoms with Gasteiger partial charge in [-0.25, -0.2) is 4.37 Å². The van der Waals surface area contributed by atoms with Crippen molar-refractivity contribution in [3.63, 3.8) is 0 Å². The molecule has 1 aromatic heterocycles. The Hall–Kier alpha value is -2.00. The number of aromatic nitrogens is 1. The summed E-state index contributed by atoms with van der Waals surface area (Å²) in [6, 6.07) is 7.96. The van der Waals surface area contributed by atoms with E-state index in [-0.39, 0.29) is 12.6 Å². The molecule has 146 valence electrons. The van der Waals surface area contributed by atoms with Crippen molar-refractivity contribution >= 4 is 18.0 Å². The van der Waals surface area contributed by atoms with Crippen LogP contribution in [0.3, 0.4) is 0 Å². The van der Waals surface area contributed by atoms with E-state index in [1.807, 2.05) is 42.9 Å². The largest absolute Gasteiger partial charge is 0.497 e. The summed E-state index contributed by atoms with van der Waals surface area (Å²) in [5, 5.41) is 23.7. The van der Waals surface area contributed by atoms with Gasteiger partial charge in [0.05, 0.1) is 13.2 Å². The van der Waals surface area contributed by atoms with Crippen LogP contribution in [0.25, 0.3) is 0 Å². The lowest BCUT2D eigenvalue weighted by molar-refractivity contribution is -0.122. The number of aryl methyl sites for hydroxylation is 1. The molecule has 1 unspecified atom stereocenters. The van der Waals surface area contributed by atoms with Crippen LogP contribution < -0.4 is 15.4 Å². The zero-order chi connectivity index (χ0) is 19.6. The quantitative estimate of drug-likeness (QED) is 0.600. The van der Waals surface area contributed by atoms with Crippen LogP contribution in [0.15, 0.2) is 35.8 Å². The molecule has 0 saturated carbocycles. The molecule has 0 amide bonds. The maximum atomic E-state index is 8.67. The van der Waals surface area contributed by atoms with Crippen LogP contribution in [-0.2, 0) is 11.3 Å². The van der Waals surface area contributed by atoms with Crippen LogP contribution in [0, 0.1) is 6.92 Å². The second-order valence-corrected chi connectivity index (χ2v) is 5.99. The number of aliphatic hydroxyl groups is 1. The molecular weight excluding hydrogens is 354 g/mol. The highest BCUT2D eigenvalue weighted by Gasteiger charge is 2.08. The first-order chi connectivity index (χ1) is 12.6. The molecule has 0 bridgehead atoms. The van der Waals surface area contributed by atoms with Gasteiger partial charge in [0.1, 0.15) is 5.75 Å². The predicted octanol–water partition coefficient (Wildman–Crippen LogP) is 1.91. The Kier molecular flexibility index (Phi) is 15.2. The maximum Gasteiger partial charge on any atom is 0.290 e. The first-order valence-electron chi connectivity index (χ1n) is 8.17. The highest BCUT2D eigenvalue weighted by Crippen LogP contribution is 2.09. The van der Waals surface area contributed by atoms with Gasteiger partial charge in [0.25, 0.3) is 6.47 Å². The first kappa shape index (κ1) is 24.0. The lowest BCUT2D eigenvalue weighted by Crippen LogP contribution is -2.11. The Morgan fingerprint density at radius 1 is 1.42 bits per heavy atom. The molecule has 1 aromatic carbocycles. The number of hydrogen-bond donors (Lipinski definition) is 4. The normalized spacial score (nSPS) is 14.5. The van der Waals surface area contributed by atoms with Crippen molar-refractivity contribution in [3.8, 4) is 5.75 Å². The van der Waals surface area contributed by atoms with E-state index in [1.54, 1.807) is 7.11 Å². The summed E-state index contributed by atoms with van der Waals surface area (Å²) in [5.41, 5.74) is 2.52. The third kappa shape index (κ3) is 13.3. The number of rotatable bonds is 3. The topological polar surface area (TPSA) is 104 Å². The van der Waals surface area contributed by atoms with Gasteiger partial charge in [-0.1, -0.05) is 17.7 Å². The van der Waals surface area contributed by atoms with Gasteiger partial charge >= 0.3 is 0 Å². The molecule has 4 N–H and O–H groups in total. The number of ether oxygens (including phenoxy) is 1. The van der Waals surface area contributed by atoms with E-state index in [4.69, 9.17) is 19.7 Å². The van der Waals surface area contributed by atoms with E-state index in [0.29, 0.717) is 0 Å². The molecule has 2 aromatic rings. The predicted molar refractivity (Wildman–Crippen MR) is 105 cm³/mol. The smallest absolute Gasteiger partial charge is 0.290 e. The van der Waals surface area contributed by atoms with Crippen LogP contribution in [0.4, 0.5) is 0 Å². The number of carboxylic acid groups (broad SMARTS) is 1. The van der Waals surface area contributed by atoms with E-state index in [2.05, 4.69) is 21.9 Å². The second-order valence-electron chi connectivity index (χ2n) is 5.33. The third-order valence-electron chi connectivity index (χ3n) is 3.16. The summed E-state index contributed by atoms with van der Waals surface area (Å²) < 4.78 is 8.91. The Morgan fingerprint density at radius 2 is 2.08 bits per heavy atom. The number of benzene rings is 1. The summed E-state index contributed by atoms with van der Waals surface area (Å²) in [5.74, 6) is 0.917. The molecule has 26 heavy (non-hydrogen) atoms. The second kappa shape index (κ2) is 16.5. The summed E-state index contributed by atoms with van der Waals surface area (Å²) in [6.45, 7) is 4.51. The van der Waals surface area contributed by atoms with E-state index in [9.17, 15) is 0 Å². The number of aliphatic hydroxyl groups excluding tert-OH is 1. The Labute approximate surface area is 159 Å². The Bertz CT molecular complexity index is 544. The van der Waals surface area contributed by atoms with E-state index in [1.165, 1.54) is 22.7 Å². The van der Waals surface area contributed by atoms with Crippen LogP contribution in [-0.4, -0.2) is 54.4 Å². The van der Waals surface area contributed by atoms with Crippen LogP contribution in [0.1, 0.15) is 17.5 Å². The Balaban J connectivity index is 0.000000340. The monoisotopic (exact) mass is 383 g/mol. The zero-order valence-corrected chi connectivity index (χ0v) is 16.3. The highest BCUT2D eigenvalue weighted by molar-refractivity contribution is 7.03. The van der Waals surface area contributed by atoms with Gasteiger partial charge in [-0.2, -0.15) is 0 Å². The van der Waals surface area contributed by atoms with Gasteiger partial charge in [-0.05, 0) is 56.2 Å². The van der Waals surface area contributed by atoms with Gasteiger partial charge in [-0.3, -0.25) is 4.79 Å².